The van der Waals surface area contributed by atoms with Crippen molar-refractivity contribution in [2.45, 2.75) is 11.8 Å². The molecule has 0 aromatic heterocycles. The second kappa shape index (κ2) is 9.75. The fourth-order valence-electron chi connectivity index (χ4n) is 3.22. The van der Waals surface area contributed by atoms with E-state index in [2.05, 4.69) is 14.5 Å². The maximum Gasteiger partial charge on any atom is 0.240 e. The first-order valence-corrected chi connectivity index (χ1v) is 11.4. The van der Waals surface area contributed by atoms with Crippen LogP contribution in [0.4, 0.5) is 10.1 Å². The molecule has 0 bridgehead atoms. The fourth-order valence-corrected chi connectivity index (χ4v) is 4.38. The van der Waals surface area contributed by atoms with Gasteiger partial charge in [-0.15, -0.1) is 0 Å². The van der Waals surface area contributed by atoms with Crippen LogP contribution >= 0.6 is 11.6 Å². The predicted molar refractivity (Wildman–Crippen MR) is 113 cm³/mol. The average Bonchev–Trinajstić information content (AvgIpc) is 2.71. The topological polar surface area (TPSA) is 61.9 Å². The Balaban J connectivity index is 1.47. The molecule has 0 aliphatic carbocycles. The van der Waals surface area contributed by atoms with E-state index in [4.69, 9.17) is 16.3 Å². The number of benzene rings is 2. The monoisotopic (exact) mass is 441 g/mol. The molecule has 1 heterocycles. The molecule has 2 aromatic rings. The molecule has 3 rings (SSSR count). The molecule has 0 radical (unpaired) electrons. The van der Waals surface area contributed by atoms with Crippen LogP contribution in [0.15, 0.2) is 47.4 Å². The maximum atomic E-state index is 13.9. The molecule has 1 N–H and O–H groups in total. The molecule has 29 heavy (non-hydrogen) atoms. The van der Waals surface area contributed by atoms with E-state index in [0.29, 0.717) is 18.2 Å². The van der Waals surface area contributed by atoms with E-state index in [9.17, 15) is 12.8 Å². The Hall–Kier alpha value is -1.87. The summed E-state index contributed by atoms with van der Waals surface area (Å²) in [6.45, 7) is 6.29. The molecule has 2 aromatic carbocycles. The van der Waals surface area contributed by atoms with Gasteiger partial charge in [-0.1, -0.05) is 11.6 Å². The van der Waals surface area contributed by atoms with E-state index < -0.39 is 15.8 Å². The highest BCUT2D eigenvalue weighted by Gasteiger charge is 2.19. The Kier molecular flexibility index (Phi) is 7.34. The first kappa shape index (κ1) is 21.8. The molecule has 9 heteroatoms. The Labute approximate surface area is 176 Å². The van der Waals surface area contributed by atoms with Crippen LogP contribution in [-0.2, 0) is 10.0 Å². The van der Waals surface area contributed by atoms with Gasteiger partial charge in [-0.3, -0.25) is 4.90 Å². The number of hydrogen-bond acceptors (Lipinski definition) is 5. The van der Waals surface area contributed by atoms with Crippen LogP contribution < -0.4 is 14.4 Å². The highest BCUT2D eigenvalue weighted by Crippen LogP contribution is 2.21. The van der Waals surface area contributed by atoms with Crippen molar-refractivity contribution in [1.29, 1.82) is 0 Å². The van der Waals surface area contributed by atoms with Crippen LogP contribution in [-0.4, -0.2) is 59.2 Å². The summed E-state index contributed by atoms with van der Waals surface area (Å²) in [6, 6.07) is 11.4. The summed E-state index contributed by atoms with van der Waals surface area (Å²) < 4.78 is 46.4. The number of rotatable bonds is 8. The minimum Gasteiger partial charge on any atom is -0.491 e. The van der Waals surface area contributed by atoms with Gasteiger partial charge in [-0.25, -0.2) is 17.5 Å². The average molecular weight is 442 g/mol. The Bertz CT molecular complexity index is 917. The number of sulfonamides is 1. The zero-order chi connectivity index (χ0) is 20.9. The van der Waals surface area contributed by atoms with Crippen molar-refractivity contribution < 1.29 is 17.5 Å². The van der Waals surface area contributed by atoms with Gasteiger partial charge in [0.25, 0.3) is 0 Å². The van der Waals surface area contributed by atoms with E-state index >= 15 is 0 Å². The molecule has 1 fully saturated rings. The van der Waals surface area contributed by atoms with Crippen LogP contribution in [0.3, 0.4) is 0 Å². The van der Waals surface area contributed by atoms with E-state index in [0.717, 1.165) is 37.9 Å². The van der Waals surface area contributed by atoms with E-state index in [1.54, 1.807) is 6.92 Å². The van der Waals surface area contributed by atoms with Crippen molar-refractivity contribution in [1.82, 2.24) is 9.62 Å². The van der Waals surface area contributed by atoms with Crippen molar-refractivity contribution in [2.24, 2.45) is 0 Å². The third-order valence-electron chi connectivity index (χ3n) is 4.80. The number of nitrogens with zero attached hydrogens (tertiary/aromatic N) is 2. The highest BCUT2D eigenvalue weighted by molar-refractivity contribution is 7.89. The number of nitrogens with one attached hydrogen (secondary N) is 1. The summed E-state index contributed by atoms with van der Waals surface area (Å²) in [5, 5.41) is 0.715. The smallest absolute Gasteiger partial charge is 0.240 e. The standard InChI is InChI=1S/C20H25ClFN3O3S/c1-2-28-20-8-7-18(15-19(20)22)29(26,27)23-9-10-24-11-13-25(14-12-24)17-5-3-16(21)4-6-17/h3-8,15,23H,2,9-14H2,1H3. The van der Waals surface area contributed by atoms with E-state index in [1.165, 1.54) is 12.1 Å². The minimum absolute atomic E-state index is 0.0463. The van der Waals surface area contributed by atoms with Gasteiger partial charge in [0, 0.05) is 50.0 Å². The first-order chi connectivity index (χ1) is 13.9. The summed E-state index contributed by atoms with van der Waals surface area (Å²) in [5.74, 6) is -0.641. The van der Waals surface area contributed by atoms with Crippen LogP contribution in [0.5, 0.6) is 5.75 Å². The molecule has 6 nitrogen and oxygen atoms in total. The zero-order valence-corrected chi connectivity index (χ0v) is 17.8. The summed E-state index contributed by atoms with van der Waals surface area (Å²) in [6.07, 6.45) is 0. The van der Waals surface area contributed by atoms with Crippen molar-refractivity contribution >= 4 is 27.3 Å². The molecule has 0 spiro atoms. The maximum absolute atomic E-state index is 13.9. The highest BCUT2D eigenvalue weighted by atomic mass is 35.5. The van der Waals surface area contributed by atoms with Gasteiger partial charge >= 0.3 is 0 Å². The number of anilines is 1. The van der Waals surface area contributed by atoms with Gasteiger partial charge in [0.05, 0.1) is 11.5 Å². The Morgan fingerprint density at radius 3 is 2.41 bits per heavy atom. The van der Waals surface area contributed by atoms with E-state index in [1.807, 2.05) is 24.3 Å². The third kappa shape index (κ3) is 5.82. The van der Waals surface area contributed by atoms with Gasteiger partial charge in [0.15, 0.2) is 11.6 Å². The van der Waals surface area contributed by atoms with Crippen molar-refractivity contribution in [3.63, 3.8) is 0 Å². The van der Waals surface area contributed by atoms with Gasteiger partial charge in [-0.05, 0) is 49.4 Å². The van der Waals surface area contributed by atoms with Gasteiger partial charge in [0.2, 0.25) is 10.0 Å². The number of piperazine rings is 1. The number of hydrogen-bond donors (Lipinski definition) is 1. The molecule has 0 saturated carbocycles. The van der Waals surface area contributed by atoms with Gasteiger partial charge in [-0.2, -0.15) is 0 Å². The lowest BCUT2D eigenvalue weighted by Gasteiger charge is -2.36. The molecule has 0 unspecified atom stereocenters. The SMILES string of the molecule is CCOc1ccc(S(=O)(=O)NCCN2CCN(c3ccc(Cl)cc3)CC2)cc1F. The normalized spacial score (nSPS) is 15.5. The molecule has 1 aliphatic heterocycles. The molecular formula is C20H25ClFN3O3S. The number of halogens is 2. The first-order valence-electron chi connectivity index (χ1n) is 9.54. The second-order valence-corrected chi connectivity index (χ2v) is 8.93. The second-order valence-electron chi connectivity index (χ2n) is 6.73. The van der Waals surface area contributed by atoms with Crippen LogP contribution in [0.25, 0.3) is 0 Å². The largest absolute Gasteiger partial charge is 0.491 e. The van der Waals surface area contributed by atoms with Crippen molar-refractivity contribution in [3.8, 4) is 5.75 Å². The van der Waals surface area contributed by atoms with Gasteiger partial charge in [0.1, 0.15) is 0 Å². The summed E-state index contributed by atoms with van der Waals surface area (Å²) in [4.78, 5) is 4.37. The van der Waals surface area contributed by atoms with Gasteiger partial charge < -0.3 is 9.64 Å². The summed E-state index contributed by atoms with van der Waals surface area (Å²) >= 11 is 5.93. The molecule has 1 aliphatic rings. The summed E-state index contributed by atoms with van der Waals surface area (Å²) in [5.41, 5.74) is 1.13. The predicted octanol–water partition coefficient (Wildman–Crippen LogP) is 2.98. The molecule has 0 atom stereocenters. The zero-order valence-electron chi connectivity index (χ0n) is 16.3. The third-order valence-corrected chi connectivity index (χ3v) is 6.51. The lowest BCUT2D eigenvalue weighted by molar-refractivity contribution is 0.262. The molecule has 0 amide bonds. The number of ether oxygens (including phenoxy) is 1. The quantitative estimate of drug-likeness (QED) is 0.682. The van der Waals surface area contributed by atoms with Crippen LogP contribution in [0.1, 0.15) is 6.92 Å². The van der Waals surface area contributed by atoms with Crippen LogP contribution in [0.2, 0.25) is 5.02 Å². The molecule has 1 saturated heterocycles. The van der Waals surface area contributed by atoms with Crippen molar-refractivity contribution in [3.05, 3.63) is 53.3 Å². The van der Waals surface area contributed by atoms with Crippen molar-refractivity contribution in [2.75, 3.05) is 50.8 Å². The summed E-state index contributed by atoms with van der Waals surface area (Å²) in [7, 11) is -3.77. The van der Waals surface area contributed by atoms with Crippen LogP contribution in [0, 0.1) is 5.82 Å². The minimum atomic E-state index is -3.77. The fraction of sp³-hybridized carbons (Fsp3) is 0.400. The molecular weight excluding hydrogens is 417 g/mol. The lowest BCUT2D eigenvalue weighted by Crippen LogP contribution is -2.48. The Morgan fingerprint density at radius 2 is 1.79 bits per heavy atom. The van der Waals surface area contributed by atoms with E-state index in [-0.39, 0.29) is 17.2 Å². The lowest BCUT2D eigenvalue weighted by atomic mass is 10.2. The molecule has 158 valence electrons. The Morgan fingerprint density at radius 1 is 1.10 bits per heavy atom.